The van der Waals surface area contributed by atoms with Gasteiger partial charge in [-0.1, -0.05) is 58.8 Å². The molecule has 0 radical (unpaired) electrons. The zero-order valence-electron chi connectivity index (χ0n) is 15.8. The van der Waals surface area contributed by atoms with Crippen molar-refractivity contribution < 1.29 is 0 Å². The minimum atomic E-state index is 0.483. The van der Waals surface area contributed by atoms with E-state index >= 15 is 0 Å². The molecule has 0 bridgehead atoms. The van der Waals surface area contributed by atoms with E-state index in [1.54, 1.807) is 0 Å². The van der Waals surface area contributed by atoms with Gasteiger partial charge >= 0.3 is 0 Å². The summed E-state index contributed by atoms with van der Waals surface area (Å²) in [6.45, 7) is 4.66. The number of nitrogens with two attached hydrogens (primary N) is 2. The quantitative estimate of drug-likeness (QED) is 0.641. The maximum absolute atomic E-state index is 6.22. The largest absolute Gasteiger partial charge is 0.328 e. The minimum Gasteiger partial charge on any atom is -0.328 e. The van der Waals surface area contributed by atoms with Crippen molar-refractivity contribution in [3.8, 4) is 0 Å². The first-order valence-electron chi connectivity index (χ1n) is 10.6. The van der Waals surface area contributed by atoms with Crippen LogP contribution < -0.4 is 11.5 Å². The Balaban J connectivity index is 1.76. The van der Waals surface area contributed by atoms with Crippen molar-refractivity contribution in [2.75, 3.05) is 0 Å². The summed E-state index contributed by atoms with van der Waals surface area (Å²) in [6.07, 6.45) is 17.7. The average molecular weight is 323 g/mol. The topological polar surface area (TPSA) is 52.0 Å². The Morgan fingerprint density at radius 1 is 0.609 bits per heavy atom. The number of hydrogen-bond donors (Lipinski definition) is 2. The summed E-state index contributed by atoms with van der Waals surface area (Å²) in [5, 5.41) is 0. The van der Waals surface area contributed by atoms with E-state index in [1.807, 2.05) is 0 Å². The zero-order chi connectivity index (χ0) is 16.7. The molecule has 2 saturated carbocycles. The van der Waals surface area contributed by atoms with Crippen LogP contribution in [0.5, 0.6) is 0 Å². The van der Waals surface area contributed by atoms with Crippen molar-refractivity contribution in [2.24, 2.45) is 35.1 Å². The highest BCUT2D eigenvalue weighted by molar-refractivity contribution is 4.84. The standard InChI is InChI=1S/C21H42N2/c1-3-6-18-14-20(22)12-10-16(18)8-5-9-17-11-13-21(23)15-19(17)7-4-2/h16-21H,3-15,22-23H2,1-2H3. The first kappa shape index (κ1) is 19.2. The third kappa shape index (κ3) is 6.05. The second-order valence-corrected chi connectivity index (χ2v) is 8.69. The molecule has 0 aromatic rings. The molecule has 2 aliphatic carbocycles. The highest BCUT2D eigenvalue weighted by Gasteiger charge is 2.30. The van der Waals surface area contributed by atoms with Gasteiger partial charge in [0.1, 0.15) is 0 Å². The van der Waals surface area contributed by atoms with Crippen LogP contribution in [0.15, 0.2) is 0 Å². The molecule has 23 heavy (non-hydrogen) atoms. The monoisotopic (exact) mass is 322 g/mol. The van der Waals surface area contributed by atoms with E-state index < -0.39 is 0 Å². The van der Waals surface area contributed by atoms with Gasteiger partial charge in [0, 0.05) is 12.1 Å². The molecule has 0 heterocycles. The molecular weight excluding hydrogens is 280 g/mol. The number of hydrogen-bond acceptors (Lipinski definition) is 2. The van der Waals surface area contributed by atoms with E-state index in [0.717, 1.165) is 23.7 Å². The Bertz CT molecular complexity index is 287. The van der Waals surface area contributed by atoms with Crippen LogP contribution in [0, 0.1) is 23.7 Å². The second-order valence-electron chi connectivity index (χ2n) is 8.69. The number of rotatable bonds is 8. The summed E-state index contributed by atoms with van der Waals surface area (Å²) >= 11 is 0. The third-order valence-electron chi connectivity index (χ3n) is 6.83. The van der Waals surface area contributed by atoms with Gasteiger partial charge in [0.05, 0.1) is 0 Å². The Hall–Kier alpha value is -0.0800. The normalized spacial score (nSPS) is 38.6. The molecule has 2 aliphatic rings. The molecule has 136 valence electrons. The highest BCUT2D eigenvalue weighted by atomic mass is 14.6. The SMILES string of the molecule is CCCC1CC(N)CCC1CCCC1CCC(N)CC1CCC. The summed E-state index contributed by atoms with van der Waals surface area (Å²) in [4.78, 5) is 0. The van der Waals surface area contributed by atoms with Gasteiger partial charge in [-0.3, -0.25) is 0 Å². The van der Waals surface area contributed by atoms with Gasteiger partial charge in [-0.05, 0) is 62.2 Å². The molecule has 4 N–H and O–H groups in total. The fourth-order valence-electron chi connectivity index (χ4n) is 5.58. The van der Waals surface area contributed by atoms with Crippen LogP contribution in [-0.2, 0) is 0 Å². The molecule has 2 rings (SSSR count). The van der Waals surface area contributed by atoms with Crippen molar-refractivity contribution in [3.05, 3.63) is 0 Å². The lowest BCUT2D eigenvalue weighted by atomic mass is 9.70. The van der Waals surface area contributed by atoms with Crippen molar-refractivity contribution in [1.29, 1.82) is 0 Å². The third-order valence-corrected chi connectivity index (χ3v) is 6.83. The summed E-state index contributed by atoms with van der Waals surface area (Å²) in [7, 11) is 0. The van der Waals surface area contributed by atoms with E-state index in [0.29, 0.717) is 12.1 Å². The van der Waals surface area contributed by atoms with Crippen LogP contribution in [-0.4, -0.2) is 12.1 Å². The lowest BCUT2D eigenvalue weighted by molar-refractivity contribution is 0.163. The lowest BCUT2D eigenvalue weighted by Crippen LogP contribution is -2.34. The van der Waals surface area contributed by atoms with Crippen LogP contribution in [0.2, 0.25) is 0 Å². The minimum absolute atomic E-state index is 0.483. The van der Waals surface area contributed by atoms with Crippen LogP contribution in [0.4, 0.5) is 0 Å². The van der Waals surface area contributed by atoms with E-state index in [4.69, 9.17) is 11.5 Å². The summed E-state index contributed by atoms with van der Waals surface area (Å²) < 4.78 is 0. The van der Waals surface area contributed by atoms with Crippen molar-refractivity contribution >= 4 is 0 Å². The molecular formula is C21H42N2. The van der Waals surface area contributed by atoms with Gasteiger partial charge in [-0.25, -0.2) is 0 Å². The van der Waals surface area contributed by atoms with Gasteiger partial charge in [0.25, 0.3) is 0 Å². The van der Waals surface area contributed by atoms with Crippen LogP contribution in [0.1, 0.15) is 97.3 Å². The van der Waals surface area contributed by atoms with Crippen LogP contribution in [0.25, 0.3) is 0 Å². The van der Waals surface area contributed by atoms with E-state index in [2.05, 4.69) is 13.8 Å². The molecule has 0 aliphatic heterocycles. The molecule has 0 aromatic carbocycles. The molecule has 2 fully saturated rings. The predicted molar refractivity (Wildman–Crippen MR) is 101 cm³/mol. The van der Waals surface area contributed by atoms with Gasteiger partial charge in [-0.15, -0.1) is 0 Å². The van der Waals surface area contributed by atoms with Crippen molar-refractivity contribution in [2.45, 2.75) is 109 Å². The zero-order valence-corrected chi connectivity index (χ0v) is 15.8. The summed E-state index contributed by atoms with van der Waals surface area (Å²) in [5.41, 5.74) is 12.4. The summed E-state index contributed by atoms with van der Waals surface area (Å²) in [5.74, 6) is 3.75. The molecule has 0 amide bonds. The Morgan fingerprint density at radius 3 is 1.43 bits per heavy atom. The molecule has 0 spiro atoms. The fraction of sp³-hybridized carbons (Fsp3) is 1.00. The highest BCUT2D eigenvalue weighted by Crippen LogP contribution is 2.39. The average Bonchev–Trinajstić information content (AvgIpc) is 2.52. The molecule has 0 aromatic heterocycles. The first-order valence-corrected chi connectivity index (χ1v) is 10.6. The lowest BCUT2D eigenvalue weighted by Gasteiger charge is -2.37. The fourth-order valence-corrected chi connectivity index (χ4v) is 5.58. The second kappa shape index (κ2) is 10.0. The maximum atomic E-state index is 6.22. The van der Waals surface area contributed by atoms with E-state index in [1.165, 1.54) is 83.5 Å². The van der Waals surface area contributed by atoms with Crippen molar-refractivity contribution in [1.82, 2.24) is 0 Å². The van der Waals surface area contributed by atoms with Crippen LogP contribution in [0.3, 0.4) is 0 Å². The predicted octanol–water partition coefficient (Wildman–Crippen LogP) is 5.24. The van der Waals surface area contributed by atoms with Gasteiger partial charge < -0.3 is 11.5 Å². The maximum Gasteiger partial charge on any atom is 0.00416 e. The smallest absolute Gasteiger partial charge is 0.00416 e. The van der Waals surface area contributed by atoms with E-state index in [9.17, 15) is 0 Å². The molecule has 2 heteroatoms. The Kier molecular flexibility index (Phi) is 8.40. The van der Waals surface area contributed by atoms with Gasteiger partial charge in [0.2, 0.25) is 0 Å². The Labute approximate surface area is 145 Å². The molecule has 0 saturated heterocycles. The van der Waals surface area contributed by atoms with Gasteiger partial charge in [0.15, 0.2) is 0 Å². The summed E-state index contributed by atoms with van der Waals surface area (Å²) in [6, 6.07) is 0.966. The molecule has 2 nitrogen and oxygen atoms in total. The van der Waals surface area contributed by atoms with E-state index in [-0.39, 0.29) is 0 Å². The molecule has 6 atom stereocenters. The van der Waals surface area contributed by atoms with Crippen LogP contribution >= 0.6 is 0 Å². The van der Waals surface area contributed by atoms with Crippen molar-refractivity contribution in [3.63, 3.8) is 0 Å². The van der Waals surface area contributed by atoms with Gasteiger partial charge in [-0.2, -0.15) is 0 Å². The first-order chi connectivity index (χ1) is 11.1. The molecule has 6 unspecified atom stereocenters. The Morgan fingerprint density at radius 2 is 1.04 bits per heavy atom.